The molecule has 0 aromatic heterocycles. The number of piperidine rings is 2. The molecule has 1 atom stereocenters. The SMILES string of the molecule is C1CNCC2(C1)CCC[NH2+]C2. The lowest BCUT2D eigenvalue weighted by Gasteiger charge is -2.38. The molecule has 2 aliphatic rings. The summed E-state index contributed by atoms with van der Waals surface area (Å²) in [4.78, 5) is 0. The van der Waals surface area contributed by atoms with Crippen molar-refractivity contribution in [2.45, 2.75) is 25.7 Å². The van der Waals surface area contributed by atoms with Gasteiger partial charge in [0, 0.05) is 12.0 Å². The van der Waals surface area contributed by atoms with Gasteiger partial charge < -0.3 is 10.6 Å². The molecule has 1 unspecified atom stereocenters. The maximum atomic E-state index is 3.53. The molecule has 0 aromatic carbocycles. The molecule has 0 radical (unpaired) electrons. The number of nitrogens with one attached hydrogen (secondary N) is 1. The van der Waals surface area contributed by atoms with Crippen molar-refractivity contribution in [3.8, 4) is 0 Å². The molecule has 2 heterocycles. The smallest absolute Gasteiger partial charge is 0.0824 e. The summed E-state index contributed by atoms with van der Waals surface area (Å²) in [5.74, 6) is 0. The molecule has 0 bridgehead atoms. The molecule has 2 aliphatic heterocycles. The van der Waals surface area contributed by atoms with E-state index in [1.54, 1.807) is 0 Å². The molecule has 2 rings (SSSR count). The maximum absolute atomic E-state index is 3.53. The van der Waals surface area contributed by atoms with Crippen LogP contribution < -0.4 is 10.6 Å². The molecule has 0 saturated carbocycles. The Labute approximate surface area is 68.7 Å². The Kier molecular flexibility index (Phi) is 2.14. The van der Waals surface area contributed by atoms with E-state index in [2.05, 4.69) is 10.6 Å². The van der Waals surface area contributed by atoms with Crippen LogP contribution in [0.5, 0.6) is 0 Å². The summed E-state index contributed by atoms with van der Waals surface area (Å²) in [7, 11) is 0. The number of rotatable bonds is 0. The van der Waals surface area contributed by atoms with Crippen molar-refractivity contribution < 1.29 is 5.32 Å². The van der Waals surface area contributed by atoms with Gasteiger partial charge in [0.05, 0.1) is 13.1 Å². The highest BCUT2D eigenvalue weighted by molar-refractivity contribution is 4.85. The lowest BCUT2D eigenvalue weighted by atomic mass is 9.75. The molecule has 0 aliphatic carbocycles. The van der Waals surface area contributed by atoms with Crippen molar-refractivity contribution in [3.63, 3.8) is 0 Å². The van der Waals surface area contributed by atoms with Gasteiger partial charge in [-0.05, 0) is 32.2 Å². The van der Waals surface area contributed by atoms with Crippen LogP contribution in [0.3, 0.4) is 0 Å². The van der Waals surface area contributed by atoms with Crippen molar-refractivity contribution in [2.24, 2.45) is 5.41 Å². The fourth-order valence-corrected chi connectivity index (χ4v) is 2.55. The van der Waals surface area contributed by atoms with Crippen LogP contribution in [0.1, 0.15) is 25.7 Å². The summed E-state index contributed by atoms with van der Waals surface area (Å²) >= 11 is 0. The highest BCUT2D eigenvalue weighted by Crippen LogP contribution is 2.30. The predicted octanol–water partition coefficient (Wildman–Crippen LogP) is -0.287. The van der Waals surface area contributed by atoms with Crippen LogP contribution in [0.4, 0.5) is 0 Å². The third-order valence-corrected chi connectivity index (χ3v) is 3.25. The first-order valence-corrected chi connectivity index (χ1v) is 4.94. The molecule has 2 heteroatoms. The van der Waals surface area contributed by atoms with Crippen molar-refractivity contribution in [1.29, 1.82) is 0 Å². The molecule has 0 amide bonds. The second kappa shape index (κ2) is 3.11. The zero-order valence-corrected chi connectivity index (χ0v) is 7.23. The van der Waals surface area contributed by atoms with Crippen LogP contribution in [0, 0.1) is 5.41 Å². The summed E-state index contributed by atoms with van der Waals surface area (Å²) in [6.45, 7) is 5.27. The summed E-state index contributed by atoms with van der Waals surface area (Å²) in [6, 6.07) is 0. The normalized spacial score (nSPS) is 39.3. The first-order chi connectivity index (χ1) is 5.41. The van der Waals surface area contributed by atoms with Crippen molar-refractivity contribution in [1.82, 2.24) is 5.32 Å². The molecule has 0 aromatic rings. The topological polar surface area (TPSA) is 28.6 Å². The van der Waals surface area contributed by atoms with E-state index in [0.717, 1.165) is 0 Å². The van der Waals surface area contributed by atoms with E-state index in [0.29, 0.717) is 5.41 Å². The van der Waals surface area contributed by atoms with Gasteiger partial charge in [0.2, 0.25) is 0 Å². The first-order valence-electron chi connectivity index (χ1n) is 4.94. The van der Waals surface area contributed by atoms with Crippen molar-refractivity contribution in [2.75, 3.05) is 26.2 Å². The molecule has 1 spiro atoms. The Morgan fingerprint density at radius 3 is 2.73 bits per heavy atom. The van der Waals surface area contributed by atoms with Crippen LogP contribution in [-0.2, 0) is 0 Å². The van der Waals surface area contributed by atoms with Gasteiger partial charge in [-0.15, -0.1) is 0 Å². The second-order valence-corrected chi connectivity index (χ2v) is 4.17. The number of hydrogen-bond acceptors (Lipinski definition) is 1. The van der Waals surface area contributed by atoms with E-state index in [1.807, 2.05) is 0 Å². The van der Waals surface area contributed by atoms with E-state index in [-0.39, 0.29) is 0 Å². The third kappa shape index (κ3) is 1.57. The van der Waals surface area contributed by atoms with Crippen LogP contribution in [-0.4, -0.2) is 26.2 Å². The molecule has 3 N–H and O–H groups in total. The van der Waals surface area contributed by atoms with Crippen molar-refractivity contribution >= 4 is 0 Å². The molecule has 2 saturated heterocycles. The fraction of sp³-hybridized carbons (Fsp3) is 1.00. The number of quaternary nitrogens is 1. The van der Waals surface area contributed by atoms with E-state index in [1.165, 1.54) is 51.9 Å². The Hall–Kier alpha value is -0.0800. The summed E-state index contributed by atoms with van der Waals surface area (Å²) in [5, 5.41) is 6.02. The minimum absolute atomic E-state index is 0.691. The van der Waals surface area contributed by atoms with Gasteiger partial charge in [0.1, 0.15) is 0 Å². The van der Waals surface area contributed by atoms with Crippen LogP contribution >= 0.6 is 0 Å². The van der Waals surface area contributed by atoms with Gasteiger partial charge in [-0.2, -0.15) is 0 Å². The van der Waals surface area contributed by atoms with Gasteiger partial charge in [-0.25, -0.2) is 0 Å². The van der Waals surface area contributed by atoms with E-state index < -0.39 is 0 Å². The van der Waals surface area contributed by atoms with Gasteiger partial charge in [-0.3, -0.25) is 0 Å². The van der Waals surface area contributed by atoms with E-state index >= 15 is 0 Å². The molecular weight excluding hydrogens is 136 g/mol. The lowest BCUT2D eigenvalue weighted by molar-refractivity contribution is -0.676. The predicted molar refractivity (Wildman–Crippen MR) is 45.4 cm³/mol. The molecule has 11 heavy (non-hydrogen) atoms. The average Bonchev–Trinajstić information content (AvgIpc) is 2.07. The largest absolute Gasteiger partial charge is 0.346 e. The minimum atomic E-state index is 0.691. The van der Waals surface area contributed by atoms with Gasteiger partial charge in [-0.1, -0.05) is 0 Å². The standard InChI is InChI=1S/C9H18N2/c1-3-9(7-10-5-1)4-2-6-11-8-9/h10-11H,1-8H2/p+1. The Morgan fingerprint density at radius 2 is 2.09 bits per heavy atom. The number of nitrogens with two attached hydrogens (primary N) is 1. The third-order valence-electron chi connectivity index (χ3n) is 3.25. The summed E-state index contributed by atoms with van der Waals surface area (Å²) in [5.41, 5.74) is 0.691. The maximum Gasteiger partial charge on any atom is 0.0824 e. The Bertz CT molecular complexity index is 102. The monoisotopic (exact) mass is 155 g/mol. The van der Waals surface area contributed by atoms with Gasteiger partial charge in [0.25, 0.3) is 0 Å². The Morgan fingerprint density at radius 1 is 1.18 bits per heavy atom. The minimum Gasteiger partial charge on any atom is -0.346 e. The molecular formula is C9H19N2+. The molecule has 2 fully saturated rings. The lowest BCUT2D eigenvalue weighted by Crippen LogP contribution is -2.89. The van der Waals surface area contributed by atoms with Crippen molar-refractivity contribution in [3.05, 3.63) is 0 Å². The molecule has 64 valence electrons. The molecule has 2 nitrogen and oxygen atoms in total. The van der Waals surface area contributed by atoms with Crippen LogP contribution in [0.25, 0.3) is 0 Å². The summed E-state index contributed by atoms with van der Waals surface area (Å²) < 4.78 is 0. The van der Waals surface area contributed by atoms with Gasteiger partial charge >= 0.3 is 0 Å². The quantitative estimate of drug-likeness (QED) is 0.494. The zero-order valence-electron chi connectivity index (χ0n) is 7.23. The fourth-order valence-electron chi connectivity index (χ4n) is 2.55. The first kappa shape index (κ1) is 7.56. The van der Waals surface area contributed by atoms with E-state index in [9.17, 15) is 0 Å². The second-order valence-electron chi connectivity index (χ2n) is 4.17. The average molecular weight is 155 g/mol. The highest BCUT2D eigenvalue weighted by Gasteiger charge is 2.35. The highest BCUT2D eigenvalue weighted by atomic mass is 15.0. The van der Waals surface area contributed by atoms with E-state index in [4.69, 9.17) is 0 Å². The summed E-state index contributed by atoms with van der Waals surface area (Å²) in [6.07, 6.45) is 5.77. The van der Waals surface area contributed by atoms with Crippen LogP contribution in [0.2, 0.25) is 0 Å². The Balaban J connectivity index is 1.94. The van der Waals surface area contributed by atoms with Gasteiger partial charge in [0.15, 0.2) is 0 Å². The number of hydrogen-bond donors (Lipinski definition) is 2. The van der Waals surface area contributed by atoms with Crippen LogP contribution in [0.15, 0.2) is 0 Å². The zero-order chi connectivity index (χ0) is 7.57.